The average molecular weight is 283 g/mol. The van der Waals surface area contributed by atoms with Crippen LogP contribution in [-0.2, 0) is 0 Å². The van der Waals surface area contributed by atoms with E-state index in [-0.39, 0.29) is 32.1 Å². The molecule has 8 heteroatoms. The van der Waals surface area contributed by atoms with Crippen molar-refractivity contribution in [1.82, 2.24) is 15.0 Å². The van der Waals surface area contributed by atoms with Crippen LogP contribution in [0.2, 0.25) is 0 Å². The summed E-state index contributed by atoms with van der Waals surface area (Å²) in [5.74, 6) is 0. The number of rotatable bonds is 2. The molecule has 0 aromatic carbocycles. The highest BCUT2D eigenvalue weighted by atomic mass is 31.1. The third-order valence-corrected chi connectivity index (χ3v) is 5.49. The summed E-state index contributed by atoms with van der Waals surface area (Å²) in [5.41, 5.74) is 0.665. The maximum absolute atomic E-state index is 11.6. The van der Waals surface area contributed by atoms with Crippen molar-refractivity contribution in [1.29, 1.82) is 0 Å². The van der Waals surface area contributed by atoms with Gasteiger partial charge >= 0.3 is 0 Å². The van der Waals surface area contributed by atoms with Crippen molar-refractivity contribution in [2.45, 2.75) is 23.5 Å². The fourth-order valence-corrected chi connectivity index (χ4v) is 4.26. The van der Waals surface area contributed by atoms with E-state index >= 15 is 0 Å². The summed E-state index contributed by atoms with van der Waals surface area (Å²) in [6, 6.07) is 0. The van der Waals surface area contributed by atoms with Crippen LogP contribution in [0.1, 0.15) is 11.2 Å². The predicted octanol–water partition coefficient (Wildman–Crippen LogP) is -0.933. The molecule has 102 valence electrons. The molecule has 3 rings (SSSR count). The number of fused-ring (bicyclic) bond motifs is 1. The number of hydrogen-bond acceptors (Lipinski definition) is 5. The van der Waals surface area contributed by atoms with E-state index in [0.717, 1.165) is 0 Å². The molecule has 3 heterocycles. The Morgan fingerprint density at radius 2 is 2.11 bits per heavy atom. The first-order valence-corrected chi connectivity index (χ1v) is 7.06. The Morgan fingerprint density at radius 3 is 2.79 bits per heavy atom. The van der Waals surface area contributed by atoms with E-state index in [0.29, 0.717) is 16.6 Å². The molecule has 0 radical (unpaired) electrons. The van der Waals surface area contributed by atoms with Crippen molar-refractivity contribution in [3.63, 3.8) is 0 Å². The van der Waals surface area contributed by atoms with Gasteiger partial charge in [0.2, 0.25) is 0 Å². The van der Waals surface area contributed by atoms with Crippen molar-refractivity contribution < 1.29 is 15.3 Å². The zero-order valence-electron chi connectivity index (χ0n) is 9.87. The molecule has 1 aliphatic rings. The van der Waals surface area contributed by atoms with Crippen LogP contribution in [0.4, 0.5) is 0 Å². The van der Waals surface area contributed by atoms with Crippen LogP contribution >= 0.6 is 8.58 Å². The zero-order chi connectivity index (χ0) is 13.6. The smallest absolute Gasteiger partial charge is 0.275 e. The van der Waals surface area contributed by atoms with Gasteiger partial charge in [0.05, 0.1) is 30.7 Å². The van der Waals surface area contributed by atoms with Crippen molar-refractivity contribution in [2.24, 2.45) is 0 Å². The predicted molar refractivity (Wildman–Crippen MR) is 70.7 cm³/mol. The van der Waals surface area contributed by atoms with Gasteiger partial charge in [0.15, 0.2) is 0 Å². The molecule has 5 N–H and O–H groups in total. The molecular weight excluding hydrogens is 269 g/mol. The number of nitrogens with one attached hydrogen (secondary N) is 2. The molecule has 1 saturated heterocycles. The van der Waals surface area contributed by atoms with Gasteiger partial charge in [-0.15, -0.1) is 8.58 Å². The third kappa shape index (κ3) is 1.90. The van der Waals surface area contributed by atoms with E-state index < -0.39 is 12.2 Å². The van der Waals surface area contributed by atoms with Crippen molar-refractivity contribution in [3.05, 3.63) is 28.4 Å². The Balaban J connectivity index is 2.06. The Hall–Kier alpha value is -1.27. The number of nitrogens with zero attached hydrogens (tertiary/aromatic N) is 1. The lowest BCUT2D eigenvalue weighted by atomic mass is 10.0. The SMILES string of the molecule is O=c1[nH]cnc2c([C@@H]3P[C@H](CO)[C@@H](O)[C@H]3O)c[nH]c12. The highest BCUT2D eigenvalue weighted by molar-refractivity contribution is 7.40. The number of aliphatic hydroxyl groups excluding tert-OH is 3. The minimum Gasteiger partial charge on any atom is -0.396 e. The highest BCUT2D eigenvalue weighted by Gasteiger charge is 2.42. The second-order valence-corrected chi connectivity index (χ2v) is 6.31. The maximum Gasteiger partial charge on any atom is 0.275 e. The van der Waals surface area contributed by atoms with Gasteiger partial charge < -0.3 is 25.3 Å². The number of hydrogen-bond donors (Lipinski definition) is 5. The second-order valence-electron chi connectivity index (χ2n) is 4.61. The van der Waals surface area contributed by atoms with E-state index in [4.69, 9.17) is 0 Å². The summed E-state index contributed by atoms with van der Waals surface area (Å²) in [6.07, 6.45) is 1.06. The van der Waals surface area contributed by atoms with Crippen molar-refractivity contribution >= 4 is 19.6 Å². The molecule has 0 bridgehead atoms. The topological polar surface area (TPSA) is 122 Å². The Morgan fingerprint density at radius 1 is 1.32 bits per heavy atom. The van der Waals surface area contributed by atoms with Gasteiger partial charge in [-0.1, -0.05) is 0 Å². The number of aliphatic hydroxyl groups is 3. The average Bonchev–Trinajstić information content (AvgIpc) is 2.94. The van der Waals surface area contributed by atoms with E-state index in [2.05, 4.69) is 15.0 Å². The first kappa shape index (κ1) is 12.7. The number of aromatic amines is 2. The quantitative estimate of drug-likeness (QED) is 0.456. The van der Waals surface area contributed by atoms with E-state index in [1.54, 1.807) is 6.20 Å². The summed E-state index contributed by atoms with van der Waals surface area (Å²) in [4.78, 5) is 21.0. The normalized spacial score (nSPS) is 32.4. The van der Waals surface area contributed by atoms with Crippen LogP contribution < -0.4 is 5.56 Å². The minimum atomic E-state index is -0.949. The van der Waals surface area contributed by atoms with Crippen LogP contribution in [-0.4, -0.2) is 54.7 Å². The molecule has 0 saturated carbocycles. The van der Waals surface area contributed by atoms with E-state index in [9.17, 15) is 20.1 Å². The molecule has 1 fully saturated rings. The Labute approximate surface area is 109 Å². The summed E-state index contributed by atoms with van der Waals surface area (Å²) in [7, 11) is 0.184. The minimum absolute atomic E-state index is 0.163. The van der Waals surface area contributed by atoms with Gasteiger partial charge in [-0.3, -0.25) is 4.79 Å². The van der Waals surface area contributed by atoms with Gasteiger partial charge in [-0.2, -0.15) is 0 Å². The highest BCUT2D eigenvalue weighted by Crippen LogP contribution is 2.51. The van der Waals surface area contributed by atoms with Gasteiger partial charge in [0.25, 0.3) is 5.56 Å². The van der Waals surface area contributed by atoms with Gasteiger partial charge in [0, 0.05) is 23.1 Å². The summed E-state index contributed by atoms with van der Waals surface area (Å²) in [5, 5.41) is 29.1. The van der Waals surface area contributed by atoms with Crippen molar-refractivity contribution in [3.8, 4) is 0 Å². The molecule has 1 unspecified atom stereocenters. The molecule has 7 nitrogen and oxygen atoms in total. The third-order valence-electron chi connectivity index (χ3n) is 3.53. The second kappa shape index (κ2) is 4.68. The standard InChI is InChI=1S/C11H14N3O4P/c15-2-5-8(16)9(17)10(19-5)4-1-12-7-6(4)13-3-14-11(7)18/h1,3,5,8-10,12,15-17,19H,2H2,(H,13,14,18)/t5-,8-,9-,10+/m1/s1. The lowest BCUT2D eigenvalue weighted by Crippen LogP contribution is -2.31. The van der Waals surface area contributed by atoms with E-state index in [1.165, 1.54) is 6.33 Å². The molecule has 2 aromatic heterocycles. The molecule has 0 aliphatic carbocycles. The molecule has 0 spiro atoms. The van der Waals surface area contributed by atoms with Gasteiger partial charge in [-0.05, 0) is 0 Å². The first-order chi connectivity index (χ1) is 9.13. The fourth-order valence-electron chi connectivity index (χ4n) is 2.51. The van der Waals surface area contributed by atoms with Crippen LogP contribution in [0.5, 0.6) is 0 Å². The summed E-state index contributed by atoms with van der Waals surface area (Å²) >= 11 is 0. The molecule has 2 aromatic rings. The van der Waals surface area contributed by atoms with Gasteiger partial charge in [0.1, 0.15) is 5.52 Å². The maximum atomic E-state index is 11.6. The fraction of sp³-hybridized carbons (Fsp3) is 0.455. The largest absolute Gasteiger partial charge is 0.396 e. The summed E-state index contributed by atoms with van der Waals surface area (Å²) < 4.78 is 0. The summed E-state index contributed by atoms with van der Waals surface area (Å²) in [6.45, 7) is -0.163. The van der Waals surface area contributed by atoms with Crippen LogP contribution in [0.15, 0.2) is 17.3 Å². The number of H-pyrrole nitrogens is 2. The van der Waals surface area contributed by atoms with Crippen LogP contribution in [0.3, 0.4) is 0 Å². The monoisotopic (exact) mass is 283 g/mol. The Kier molecular flexibility index (Phi) is 3.14. The lowest BCUT2D eigenvalue weighted by molar-refractivity contribution is 0.0200. The molecule has 0 amide bonds. The first-order valence-electron chi connectivity index (χ1n) is 5.91. The van der Waals surface area contributed by atoms with Crippen LogP contribution in [0.25, 0.3) is 11.0 Å². The zero-order valence-corrected chi connectivity index (χ0v) is 10.9. The molecule has 19 heavy (non-hydrogen) atoms. The van der Waals surface area contributed by atoms with Gasteiger partial charge in [-0.25, -0.2) is 4.98 Å². The molecular formula is C11H14N3O4P. The van der Waals surface area contributed by atoms with Crippen LogP contribution in [0, 0.1) is 0 Å². The number of aromatic nitrogens is 3. The van der Waals surface area contributed by atoms with E-state index in [1.807, 2.05) is 0 Å². The van der Waals surface area contributed by atoms with Crippen molar-refractivity contribution in [2.75, 3.05) is 6.61 Å². The lowest BCUT2D eigenvalue weighted by Gasteiger charge is -2.15. The molecule has 5 atom stereocenters. The molecule has 1 aliphatic heterocycles. The Bertz CT molecular complexity index is 655.